The third kappa shape index (κ3) is 1.84. The lowest BCUT2D eigenvalue weighted by Crippen LogP contribution is -2.61. The van der Waals surface area contributed by atoms with Crippen molar-refractivity contribution in [1.82, 2.24) is 10.2 Å². The number of rotatable bonds is 2. The predicted molar refractivity (Wildman–Crippen MR) is 48.3 cm³/mol. The average molecular weight is 184 g/mol. The molecule has 4 heteroatoms. The van der Waals surface area contributed by atoms with E-state index < -0.39 is 5.60 Å². The summed E-state index contributed by atoms with van der Waals surface area (Å²) >= 11 is 0. The van der Waals surface area contributed by atoms with Crippen molar-refractivity contribution in [2.24, 2.45) is 0 Å². The van der Waals surface area contributed by atoms with Gasteiger partial charge in [0.25, 0.3) is 0 Å². The van der Waals surface area contributed by atoms with Gasteiger partial charge in [-0.05, 0) is 12.8 Å². The van der Waals surface area contributed by atoms with E-state index in [0.717, 1.165) is 25.9 Å². The molecule has 13 heavy (non-hydrogen) atoms. The number of likely N-dealkylation sites (tertiary alicyclic amines) is 1. The third-order valence-electron chi connectivity index (χ3n) is 2.85. The van der Waals surface area contributed by atoms with Gasteiger partial charge in [0, 0.05) is 26.2 Å². The second-order valence-corrected chi connectivity index (χ2v) is 4.09. The Hall–Kier alpha value is -0.610. The van der Waals surface area contributed by atoms with E-state index in [0.29, 0.717) is 19.5 Å². The molecule has 0 aromatic rings. The van der Waals surface area contributed by atoms with Crippen LogP contribution in [0.25, 0.3) is 0 Å². The van der Waals surface area contributed by atoms with Gasteiger partial charge in [-0.3, -0.25) is 4.79 Å². The first-order valence-corrected chi connectivity index (χ1v) is 4.91. The number of nitrogens with zero attached hydrogens (tertiary/aromatic N) is 1. The number of carbonyl (C=O) groups excluding carboxylic acids is 1. The highest BCUT2D eigenvalue weighted by Gasteiger charge is 2.37. The Kier molecular flexibility index (Phi) is 2.26. The highest BCUT2D eigenvalue weighted by Crippen LogP contribution is 2.18. The first kappa shape index (κ1) is 8.97. The molecule has 0 aromatic heterocycles. The van der Waals surface area contributed by atoms with E-state index in [2.05, 4.69) is 5.32 Å². The van der Waals surface area contributed by atoms with Crippen molar-refractivity contribution in [3.05, 3.63) is 0 Å². The summed E-state index contributed by atoms with van der Waals surface area (Å²) in [6, 6.07) is 0. The van der Waals surface area contributed by atoms with Gasteiger partial charge in [-0.15, -0.1) is 0 Å². The minimum Gasteiger partial charge on any atom is -0.387 e. The smallest absolute Gasteiger partial charge is 0.225 e. The molecule has 0 radical (unpaired) electrons. The monoisotopic (exact) mass is 184 g/mol. The Bertz CT molecular complexity index is 208. The van der Waals surface area contributed by atoms with Gasteiger partial charge in [0.15, 0.2) is 0 Å². The van der Waals surface area contributed by atoms with Crippen LogP contribution >= 0.6 is 0 Å². The zero-order valence-corrected chi connectivity index (χ0v) is 7.75. The van der Waals surface area contributed by atoms with Crippen molar-refractivity contribution in [2.75, 3.05) is 26.2 Å². The van der Waals surface area contributed by atoms with Crippen molar-refractivity contribution in [2.45, 2.75) is 24.9 Å². The first-order chi connectivity index (χ1) is 6.20. The summed E-state index contributed by atoms with van der Waals surface area (Å²) in [5, 5.41) is 12.7. The van der Waals surface area contributed by atoms with Crippen LogP contribution in [0.4, 0.5) is 0 Å². The SMILES string of the molecule is O=C(CC1(O)CNC1)N1CCCC1. The number of hydrogen-bond donors (Lipinski definition) is 2. The molecule has 0 aliphatic carbocycles. The lowest BCUT2D eigenvalue weighted by molar-refractivity contribution is -0.137. The molecule has 0 unspecified atom stereocenters. The number of β-amino-alcohol motifs (C(OH)–C–C–N with tert-alkyl or cyclic N) is 1. The number of amides is 1. The fourth-order valence-electron chi connectivity index (χ4n) is 1.90. The summed E-state index contributed by atoms with van der Waals surface area (Å²) in [4.78, 5) is 13.4. The second-order valence-electron chi connectivity index (χ2n) is 4.09. The molecule has 1 amide bonds. The molecule has 2 fully saturated rings. The van der Waals surface area contributed by atoms with Crippen LogP contribution < -0.4 is 5.32 Å². The van der Waals surface area contributed by atoms with E-state index in [-0.39, 0.29) is 5.91 Å². The molecule has 0 spiro atoms. The number of nitrogens with one attached hydrogen (secondary N) is 1. The highest BCUT2D eigenvalue weighted by atomic mass is 16.3. The van der Waals surface area contributed by atoms with Crippen molar-refractivity contribution in [3.63, 3.8) is 0 Å². The summed E-state index contributed by atoms with van der Waals surface area (Å²) < 4.78 is 0. The maximum atomic E-state index is 11.6. The van der Waals surface area contributed by atoms with Gasteiger partial charge in [0.05, 0.1) is 12.0 Å². The standard InChI is InChI=1S/C9H16N2O2/c12-8(11-3-1-2-4-11)5-9(13)6-10-7-9/h10,13H,1-7H2. The number of aliphatic hydroxyl groups is 1. The van der Waals surface area contributed by atoms with Crippen molar-refractivity contribution in [1.29, 1.82) is 0 Å². The zero-order valence-electron chi connectivity index (χ0n) is 7.75. The Balaban J connectivity index is 1.83. The molecule has 0 atom stereocenters. The van der Waals surface area contributed by atoms with Crippen LogP contribution in [-0.2, 0) is 4.79 Å². The Morgan fingerprint density at radius 2 is 2.00 bits per heavy atom. The Morgan fingerprint density at radius 1 is 1.38 bits per heavy atom. The fraction of sp³-hybridized carbons (Fsp3) is 0.889. The molecule has 2 aliphatic rings. The number of hydrogen-bond acceptors (Lipinski definition) is 3. The van der Waals surface area contributed by atoms with Crippen LogP contribution in [-0.4, -0.2) is 47.7 Å². The van der Waals surface area contributed by atoms with Gasteiger partial charge in [0.2, 0.25) is 5.91 Å². The van der Waals surface area contributed by atoms with Crippen LogP contribution in [0.15, 0.2) is 0 Å². The summed E-state index contributed by atoms with van der Waals surface area (Å²) in [6.07, 6.45) is 2.52. The Morgan fingerprint density at radius 3 is 2.46 bits per heavy atom. The normalized spacial score (nSPS) is 25.8. The van der Waals surface area contributed by atoms with Gasteiger partial charge in [-0.25, -0.2) is 0 Å². The molecule has 74 valence electrons. The number of carbonyl (C=O) groups is 1. The maximum absolute atomic E-state index is 11.6. The lowest BCUT2D eigenvalue weighted by Gasteiger charge is -2.37. The average Bonchev–Trinajstić information content (AvgIpc) is 2.53. The van der Waals surface area contributed by atoms with E-state index in [4.69, 9.17) is 0 Å². The van der Waals surface area contributed by atoms with Crippen molar-refractivity contribution in [3.8, 4) is 0 Å². The molecule has 2 heterocycles. The van der Waals surface area contributed by atoms with Gasteiger partial charge in [0.1, 0.15) is 0 Å². The topological polar surface area (TPSA) is 52.6 Å². The predicted octanol–water partition coefficient (Wildman–Crippen LogP) is -0.667. The largest absolute Gasteiger partial charge is 0.387 e. The van der Waals surface area contributed by atoms with Crippen LogP contribution in [0.1, 0.15) is 19.3 Å². The molecule has 0 aromatic carbocycles. The van der Waals surface area contributed by atoms with E-state index in [1.807, 2.05) is 4.90 Å². The molecular weight excluding hydrogens is 168 g/mol. The molecule has 0 bridgehead atoms. The van der Waals surface area contributed by atoms with Gasteiger partial charge in [-0.2, -0.15) is 0 Å². The maximum Gasteiger partial charge on any atom is 0.225 e. The van der Waals surface area contributed by atoms with E-state index >= 15 is 0 Å². The van der Waals surface area contributed by atoms with E-state index in [9.17, 15) is 9.90 Å². The molecule has 0 saturated carbocycles. The van der Waals surface area contributed by atoms with Crippen molar-refractivity contribution >= 4 is 5.91 Å². The van der Waals surface area contributed by atoms with Crippen LogP contribution in [0, 0.1) is 0 Å². The molecule has 4 nitrogen and oxygen atoms in total. The minimum absolute atomic E-state index is 0.113. The van der Waals surface area contributed by atoms with E-state index in [1.165, 1.54) is 0 Å². The zero-order chi connectivity index (χ0) is 9.31. The Labute approximate surface area is 77.9 Å². The van der Waals surface area contributed by atoms with E-state index in [1.54, 1.807) is 0 Å². The summed E-state index contributed by atoms with van der Waals surface area (Å²) in [6.45, 7) is 2.88. The molecular formula is C9H16N2O2. The van der Waals surface area contributed by atoms with Crippen molar-refractivity contribution < 1.29 is 9.90 Å². The molecule has 2 rings (SSSR count). The molecule has 2 N–H and O–H groups in total. The lowest BCUT2D eigenvalue weighted by atomic mass is 9.92. The first-order valence-electron chi connectivity index (χ1n) is 4.91. The second kappa shape index (κ2) is 3.27. The van der Waals surface area contributed by atoms with Gasteiger partial charge in [-0.1, -0.05) is 0 Å². The molecule has 2 aliphatic heterocycles. The minimum atomic E-state index is -0.750. The third-order valence-corrected chi connectivity index (χ3v) is 2.85. The molecule has 2 saturated heterocycles. The summed E-state index contributed by atoms with van der Waals surface area (Å²) in [5.41, 5.74) is -0.750. The highest BCUT2D eigenvalue weighted by molar-refractivity contribution is 5.77. The quantitative estimate of drug-likeness (QED) is 0.598. The van der Waals surface area contributed by atoms with Crippen LogP contribution in [0.3, 0.4) is 0 Å². The summed E-state index contributed by atoms with van der Waals surface area (Å²) in [5.74, 6) is 0.113. The van der Waals surface area contributed by atoms with Gasteiger partial charge >= 0.3 is 0 Å². The van der Waals surface area contributed by atoms with Crippen LogP contribution in [0.2, 0.25) is 0 Å². The van der Waals surface area contributed by atoms with Crippen LogP contribution in [0.5, 0.6) is 0 Å². The summed E-state index contributed by atoms with van der Waals surface area (Å²) in [7, 11) is 0. The van der Waals surface area contributed by atoms with Gasteiger partial charge < -0.3 is 15.3 Å². The fourth-order valence-corrected chi connectivity index (χ4v) is 1.90.